The fourth-order valence-corrected chi connectivity index (χ4v) is 4.22. The summed E-state index contributed by atoms with van der Waals surface area (Å²) in [6, 6.07) is 15.1. The second kappa shape index (κ2) is 7.98. The van der Waals surface area contributed by atoms with E-state index in [1.54, 1.807) is 0 Å². The Balaban J connectivity index is 1.57. The minimum Gasteiger partial charge on any atom is -0.494 e. The van der Waals surface area contributed by atoms with E-state index in [1.165, 1.54) is 0 Å². The predicted molar refractivity (Wildman–Crippen MR) is 114 cm³/mol. The molecule has 1 aliphatic heterocycles. The third-order valence-corrected chi connectivity index (χ3v) is 5.52. The van der Waals surface area contributed by atoms with Crippen molar-refractivity contribution >= 4 is 29.3 Å². The molecule has 0 bridgehead atoms. The first kappa shape index (κ1) is 18.4. The van der Waals surface area contributed by atoms with Crippen LogP contribution in [0.1, 0.15) is 23.7 Å². The molecule has 6 nitrogen and oxygen atoms in total. The van der Waals surface area contributed by atoms with Crippen molar-refractivity contribution < 1.29 is 9.53 Å². The molecule has 144 valence electrons. The molecule has 1 aromatic heterocycles. The molecule has 0 atom stereocenters. The van der Waals surface area contributed by atoms with Crippen molar-refractivity contribution in [3.63, 3.8) is 0 Å². The fourth-order valence-electron chi connectivity index (χ4n) is 3.19. The third-order valence-electron chi connectivity index (χ3n) is 4.55. The first-order chi connectivity index (χ1) is 13.7. The Bertz CT molecular complexity index is 998. The number of hydrogen-bond acceptors (Lipinski definition) is 4. The van der Waals surface area contributed by atoms with Gasteiger partial charge in [-0.2, -0.15) is 16.9 Å². The van der Waals surface area contributed by atoms with Crippen molar-refractivity contribution in [3.05, 3.63) is 65.4 Å². The van der Waals surface area contributed by atoms with Gasteiger partial charge in [-0.3, -0.25) is 5.32 Å². The second-order valence-electron chi connectivity index (χ2n) is 6.50. The van der Waals surface area contributed by atoms with Gasteiger partial charge in [0.25, 0.3) is 0 Å². The Morgan fingerprint density at radius 2 is 1.93 bits per heavy atom. The summed E-state index contributed by atoms with van der Waals surface area (Å²) in [4.78, 5) is 12.7. The van der Waals surface area contributed by atoms with E-state index in [4.69, 9.17) is 9.84 Å². The summed E-state index contributed by atoms with van der Waals surface area (Å²) in [7, 11) is 0. The van der Waals surface area contributed by atoms with Gasteiger partial charge in [-0.05, 0) is 49.7 Å². The fraction of sp³-hybridized carbons (Fsp3) is 0.238. The molecular formula is C21H22N4O2S. The van der Waals surface area contributed by atoms with Gasteiger partial charge < -0.3 is 10.1 Å². The molecule has 1 aliphatic rings. The summed E-state index contributed by atoms with van der Waals surface area (Å²) in [5, 5.41) is 10.6. The number of aryl methyl sites for hydroxylation is 1. The van der Waals surface area contributed by atoms with Crippen LogP contribution in [0.2, 0.25) is 0 Å². The first-order valence-corrected chi connectivity index (χ1v) is 10.4. The van der Waals surface area contributed by atoms with Crippen LogP contribution in [0, 0.1) is 6.92 Å². The van der Waals surface area contributed by atoms with Crippen molar-refractivity contribution in [2.24, 2.45) is 0 Å². The number of nitrogens with zero attached hydrogens (tertiary/aromatic N) is 2. The van der Waals surface area contributed by atoms with Crippen molar-refractivity contribution in [3.8, 4) is 11.4 Å². The van der Waals surface area contributed by atoms with E-state index in [2.05, 4.69) is 10.6 Å². The Morgan fingerprint density at radius 3 is 2.68 bits per heavy atom. The topological polar surface area (TPSA) is 68.2 Å². The van der Waals surface area contributed by atoms with Crippen LogP contribution in [0.3, 0.4) is 0 Å². The van der Waals surface area contributed by atoms with E-state index in [0.29, 0.717) is 12.3 Å². The van der Waals surface area contributed by atoms with Gasteiger partial charge in [-0.25, -0.2) is 9.48 Å². The number of hydrogen-bond donors (Lipinski definition) is 2. The molecule has 0 fully saturated rings. The normalized spacial score (nSPS) is 12.5. The summed E-state index contributed by atoms with van der Waals surface area (Å²) >= 11 is 1.81. The molecule has 0 unspecified atom stereocenters. The van der Waals surface area contributed by atoms with Gasteiger partial charge in [-0.1, -0.05) is 18.2 Å². The number of para-hydroxylation sites is 1. The van der Waals surface area contributed by atoms with E-state index in [9.17, 15) is 4.79 Å². The number of fused-ring (bicyclic) bond motifs is 1. The quantitative estimate of drug-likeness (QED) is 0.641. The number of amides is 2. The number of urea groups is 1. The highest BCUT2D eigenvalue weighted by Gasteiger charge is 2.25. The first-order valence-electron chi connectivity index (χ1n) is 9.21. The zero-order valence-corrected chi connectivity index (χ0v) is 16.7. The average Bonchev–Trinajstić information content (AvgIpc) is 3.27. The summed E-state index contributed by atoms with van der Waals surface area (Å²) in [5.41, 5.74) is 4.90. The van der Waals surface area contributed by atoms with Gasteiger partial charge in [-0.15, -0.1) is 0 Å². The molecule has 7 heteroatoms. The number of benzene rings is 2. The number of anilines is 2. The third kappa shape index (κ3) is 3.71. The summed E-state index contributed by atoms with van der Waals surface area (Å²) in [6.07, 6.45) is 0. The summed E-state index contributed by atoms with van der Waals surface area (Å²) < 4.78 is 7.28. The van der Waals surface area contributed by atoms with Gasteiger partial charge in [0.1, 0.15) is 11.6 Å². The average molecular weight is 395 g/mol. The van der Waals surface area contributed by atoms with Crippen molar-refractivity contribution in [1.82, 2.24) is 9.78 Å². The van der Waals surface area contributed by atoms with Gasteiger partial charge in [0.05, 0.1) is 18.0 Å². The second-order valence-corrected chi connectivity index (χ2v) is 7.49. The van der Waals surface area contributed by atoms with Crippen LogP contribution in [-0.2, 0) is 11.5 Å². The zero-order chi connectivity index (χ0) is 19.5. The van der Waals surface area contributed by atoms with E-state index in [1.807, 2.05) is 78.8 Å². The maximum Gasteiger partial charge on any atom is 0.324 e. The Hall–Kier alpha value is -2.93. The smallest absolute Gasteiger partial charge is 0.324 e. The van der Waals surface area contributed by atoms with Crippen LogP contribution in [0.25, 0.3) is 5.69 Å². The monoisotopic (exact) mass is 394 g/mol. The highest BCUT2D eigenvalue weighted by atomic mass is 32.2. The maximum absolute atomic E-state index is 12.7. The lowest BCUT2D eigenvalue weighted by atomic mass is 10.2. The van der Waals surface area contributed by atoms with E-state index < -0.39 is 0 Å². The van der Waals surface area contributed by atoms with E-state index >= 15 is 0 Å². The molecule has 2 N–H and O–H groups in total. The Kier molecular flexibility index (Phi) is 5.25. The number of carbonyl (C=O) groups is 1. The van der Waals surface area contributed by atoms with Gasteiger partial charge >= 0.3 is 6.03 Å². The van der Waals surface area contributed by atoms with Crippen molar-refractivity contribution in [2.75, 3.05) is 17.2 Å². The Labute approximate surface area is 168 Å². The van der Waals surface area contributed by atoms with Crippen molar-refractivity contribution in [2.45, 2.75) is 25.4 Å². The van der Waals surface area contributed by atoms with Crippen LogP contribution in [0.15, 0.2) is 48.5 Å². The lowest BCUT2D eigenvalue weighted by molar-refractivity contribution is 0.262. The zero-order valence-electron chi connectivity index (χ0n) is 15.9. The number of nitrogens with one attached hydrogen (secondary N) is 2. The molecule has 3 aromatic rings. The SMILES string of the molecule is CCOc1ccc(NC(=O)Nc2c3c(nn2-c2ccccc2C)CSC3)cc1. The molecule has 0 saturated carbocycles. The number of rotatable bonds is 5. The molecular weight excluding hydrogens is 372 g/mol. The lowest BCUT2D eigenvalue weighted by Gasteiger charge is -2.13. The van der Waals surface area contributed by atoms with Gasteiger partial charge in [0.15, 0.2) is 0 Å². The van der Waals surface area contributed by atoms with Crippen LogP contribution >= 0.6 is 11.8 Å². The van der Waals surface area contributed by atoms with Crippen LogP contribution in [0.4, 0.5) is 16.3 Å². The number of carbonyl (C=O) groups excluding carboxylic acids is 1. The summed E-state index contributed by atoms with van der Waals surface area (Å²) in [6.45, 7) is 4.59. The minimum atomic E-state index is -0.293. The van der Waals surface area contributed by atoms with Gasteiger partial charge in [0.2, 0.25) is 0 Å². The number of ether oxygens (including phenoxy) is 1. The van der Waals surface area contributed by atoms with Gasteiger partial charge in [0, 0.05) is 22.8 Å². The lowest BCUT2D eigenvalue weighted by Crippen LogP contribution is -2.22. The largest absolute Gasteiger partial charge is 0.494 e. The summed E-state index contributed by atoms with van der Waals surface area (Å²) in [5.74, 6) is 3.22. The van der Waals surface area contributed by atoms with Crippen LogP contribution in [0.5, 0.6) is 5.75 Å². The molecule has 0 radical (unpaired) electrons. The van der Waals surface area contributed by atoms with Crippen LogP contribution < -0.4 is 15.4 Å². The molecule has 4 rings (SSSR count). The standard InChI is InChI=1S/C21H22N4O2S/c1-3-27-16-10-8-15(9-11-16)22-21(26)23-20-17-12-28-13-18(17)24-25(20)19-7-5-4-6-14(19)2/h4-11H,3,12-13H2,1-2H3,(H2,22,23,26). The number of thioether (sulfide) groups is 1. The molecule has 2 amide bonds. The number of aromatic nitrogens is 2. The molecule has 0 saturated heterocycles. The minimum absolute atomic E-state index is 0.293. The highest BCUT2D eigenvalue weighted by molar-refractivity contribution is 7.98. The molecule has 2 heterocycles. The van der Waals surface area contributed by atoms with Crippen LogP contribution in [-0.4, -0.2) is 22.4 Å². The Morgan fingerprint density at radius 1 is 1.14 bits per heavy atom. The van der Waals surface area contributed by atoms with E-state index in [-0.39, 0.29) is 6.03 Å². The maximum atomic E-state index is 12.7. The highest BCUT2D eigenvalue weighted by Crippen LogP contribution is 2.36. The molecule has 0 aliphatic carbocycles. The molecule has 2 aromatic carbocycles. The van der Waals surface area contributed by atoms with E-state index in [0.717, 1.165) is 45.6 Å². The molecule has 0 spiro atoms. The molecule has 28 heavy (non-hydrogen) atoms. The predicted octanol–water partition coefficient (Wildman–Crippen LogP) is 4.97. The van der Waals surface area contributed by atoms with Crippen molar-refractivity contribution in [1.29, 1.82) is 0 Å².